The van der Waals surface area contributed by atoms with Crippen molar-refractivity contribution in [1.82, 2.24) is 0 Å². The van der Waals surface area contributed by atoms with Gasteiger partial charge in [0.25, 0.3) is 5.78 Å². The van der Waals surface area contributed by atoms with Crippen LogP contribution in [0.2, 0.25) is 0 Å². The van der Waals surface area contributed by atoms with E-state index in [9.17, 15) is 9.59 Å². The molecule has 0 aliphatic heterocycles. The maximum Gasteiger partial charge on any atom is 0.379 e. The summed E-state index contributed by atoms with van der Waals surface area (Å²) in [6.45, 7) is 1.83. The molecule has 3 aromatic rings. The Hall–Kier alpha value is -2.82. The molecule has 0 amide bonds. The fourth-order valence-electron chi connectivity index (χ4n) is 3.58. The second-order valence-corrected chi connectivity index (χ2v) is 6.49. The van der Waals surface area contributed by atoms with Gasteiger partial charge in [0.1, 0.15) is 5.58 Å². The van der Waals surface area contributed by atoms with E-state index in [0.717, 1.165) is 31.1 Å². The zero-order chi connectivity index (χ0) is 18.1. The molecule has 0 N–H and O–H groups in total. The normalized spacial score (nSPS) is 14.8. The van der Waals surface area contributed by atoms with Crippen molar-refractivity contribution in [3.8, 4) is 5.75 Å². The first-order chi connectivity index (χ1) is 12.7. The first kappa shape index (κ1) is 16.6. The third-order valence-corrected chi connectivity index (χ3v) is 4.79. The standard InChI is InChI=1S/C21H20O5/c1-2-24-21(23)19(22)15-11-12-17(25-13-7-3-4-8-13)20-18(15)14-9-5-6-10-16(14)26-20/h5-6,9-13H,2-4,7-8H2,1H3. The van der Waals surface area contributed by atoms with Gasteiger partial charge in [0.15, 0.2) is 11.3 Å². The molecule has 0 bridgehead atoms. The molecule has 0 spiro atoms. The quantitative estimate of drug-likeness (QED) is 0.380. The Morgan fingerprint density at radius 2 is 1.88 bits per heavy atom. The lowest BCUT2D eigenvalue weighted by atomic mass is 10.0. The lowest BCUT2D eigenvalue weighted by Crippen LogP contribution is -2.18. The van der Waals surface area contributed by atoms with Crippen LogP contribution in [-0.4, -0.2) is 24.5 Å². The van der Waals surface area contributed by atoms with Gasteiger partial charge in [-0.1, -0.05) is 18.2 Å². The topological polar surface area (TPSA) is 65.7 Å². The van der Waals surface area contributed by atoms with Gasteiger partial charge in [-0.3, -0.25) is 4.79 Å². The molecule has 0 unspecified atom stereocenters. The smallest absolute Gasteiger partial charge is 0.379 e. The molecule has 5 nitrogen and oxygen atoms in total. The van der Waals surface area contributed by atoms with Crippen molar-refractivity contribution < 1.29 is 23.5 Å². The van der Waals surface area contributed by atoms with E-state index in [1.165, 1.54) is 0 Å². The van der Waals surface area contributed by atoms with Gasteiger partial charge in [0, 0.05) is 16.3 Å². The Morgan fingerprint density at radius 1 is 1.12 bits per heavy atom. The molecule has 1 aliphatic carbocycles. The highest BCUT2D eigenvalue weighted by atomic mass is 16.5. The number of hydrogen-bond acceptors (Lipinski definition) is 5. The van der Waals surface area contributed by atoms with Crippen LogP contribution in [0, 0.1) is 0 Å². The molecular formula is C21H20O5. The van der Waals surface area contributed by atoms with Crippen molar-refractivity contribution in [1.29, 1.82) is 0 Å². The number of ether oxygens (including phenoxy) is 2. The summed E-state index contributed by atoms with van der Waals surface area (Å²) >= 11 is 0. The van der Waals surface area contributed by atoms with Crippen molar-refractivity contribution in [3.63, 3.8) is 0 Å². The van der Waals surface area contributed by atoms with Crippen LogP contribution < -0.4 is 4.74 Å². The number of para-hydroxylation sites is 1. The molecule has 1 fully saturated rings. The number of Topliss-reactive ketones (excluding diaryl/α,β-unsaturated/α-hetero) is 1. The Bertz CT molecular complexity index is 979. The van der Waals surface area contributed by atoms with Gasteiger partial charge in [-0.2, -0.15) is 0 Å². The van der Waals surface area contributed by atoms with E-state index >= 15 is 0 Å². The molecule has 0 saturated heterocycles. The lowest BCUT2D eigenvalue weighted by Gasteiger charge is -2.14. The average molecular weight is 352 g/mol. The molecule has 4 rings (SSSR count). The summed E-state index contributed by atoms with van der Waals surface area (Å²) in [6.07, 6.45) is 4.52. The van der Waals surface area contributed by atoms with Crippen LogP contribution in [0.4, 0.5) is 0 Å². The minimum atomic E-state index is -0.858. The average Bonchev–Trinajstić information content (AvgIpc) is 3.29. The number of carbonyl (C=O) groups excluding carboxylic acids is 2. The van der Waals surface area contributed by atoms with Gasteiger partial charge in [0.05, 0.1) is 12.7 Å². The SMILES string of the molecule is CCOC(=O)C(=O)c1ccc(OC2CCCC2)c2oc3ccccc3c12. The van der Waals surface area contributed by atoms with Crippen LogP contribution in [0.5, 0.6) is 5.75 Å². The number of esters is 1. The van der Waals surface area contributed by atoms with Crippen LogP contribution in [0.3, 0.4) is 0 Å². The molecule has 1 saturated carbocycles. The zero-order valence-electron chi connectivity index (χ0n) is 14.6. The van der Waals surface area contributed by atoms with Crippen LogP contribution >= 0.6 is 0 Å². The molecule has 26 heavy (non-hydrogen) atoms. The molecule has 1 aromatic heterocycles. The lowest BCUT2D eigenvalue weighted by molar-refractivity contribution is -0.137. The number of benzene rings is 2. The molecule has 134 valence electrons. The number of hydrogen-bond donors (Lipinski definition) is 0. The second-order valence-electron chi connectivity index (χ2n) is 6.49. The minimum absolute atomic E-state index is 0.155. The van der Waals surface area contributed by atoms with E-state index in [1.54, 1.807) is 19.1 Å². The predicted octanol–water partition coefficient (Wildman–Crippen LogP) is 4.65. The highest BCUT2D eigenvalue weighted by Crippen LogP contribution is 2.38. The maximum absolute atomic E-state index is 12.6. The molecule has 0 radical (unpaired) electrons. The molecule has 5 heteroatoms. The Balaban J connectivity index is 1.87. The number of carbonyl (C=O) groups is 2. The van der Waals surface area contributed by atoms with E-state index < -0.39 is 11.8 Å². The van der Waals surface area contributed by atoms with E-state index in [0.29, 0.717) is 22.3 Å². The second kappa shape index (κ2) is 6.83. The molecular weight excluding hydrogens is 332 g/mol. The van der Waals surface area contributed by atoms with Crippen molar-refractivity contribution in [2.45, 2.75) is 38.7 Å². The largest absolute Gasteiger partial charge is 0.486 e. The zero-order valence-corrected chi connectivity index (χ0v) is 14.6. The van der Waals surface area contributed by atoms with Crippen LogP contribution in [0.15, 0.2) is 40.8 Å². The minimum Gasteiger partial charge on any atom is -0.486 e. The molecule has 1 heterocycles. The fraction of sp³-hybridized carbons (Fsp3) is 0.333. The number of ketones is 1. The van der Waals surface area contributed by atoms with Gasteiger partial charge in [-0.15, -0.1) is 0 Å². The first-order valence-corrected chi connectivity index (χ1v) is 9.01. The highest BCUT2D eigenvalue weighted by Gasteiger charge is 2.26. The monoisotopic (exact) mass is 352 g/mol. The number of furan rings is 1. The number of fused-ring (bicyclic) bond motifs is 3. The Labute approximate surface area is 150 Å². The summed E-state index contributed by atoms with van der Waals surface area (Å²) in [6, 6.07) is 10.8. The van der Waals surface area contributed by atoms with Crippen molar-refractivity contribution in [2.24, 2.45) is 0 Å². The van der Waals surface area contributed by atoms with Crippen molar-refractivity contribution >= 4 is 33.7 Å². The van der Waals surface area contributed by atoms with E-state index in [1.807, 2.05) is 24.3 Å². The van der Waals surface area contributed by atoms with Gasteiger partial charge in [-0.25, -0.2) is 4.79 Å². The maximum atomic E-state index is 12.6. The third-order valence-electron chi connectivity index (χ3n) is 4.79. The fourth-order valence-corrected chi connectivity index (χ4v) is 3.58. The Morgan fingerprint density at radius 3 is 2.65 bits per heavy atom. The summed E-state index contributed by atoms with van der Waals surface area (Å²) in [5, 5.41) is 1.39. The predicted molar refractivity (Wildman–Crippen MR) is 97.6 cm³/mol. The first-order valence-electron chi connectivity index (χ1n) is 9.01. The van der Waals surface area contributed by atoms with Gasteiger partial charge in [0.2, 0.25) is 0 Å². The summed E-state index contributed by atoms with van der Waals surface area (Å²) in [4.78, 5) is 24.6. The third kappa shape index (κ3) is 2.83. The number of rotatable bonds is 5. The van der Waals surface area contributed by atoms with Crippen LogP contribution in [0.1, 0.15) is 43.0 Å². The Kier molecular flexibility index (Phi) is 4.37. The molecule has 0 atom stereocenters. The summed E-state index contributed by atoms with van der Waals surface area (Å²) in [5.41, 5.74) is 1.44. The van der Waals surface area contributed by atoms with E-state index in [-0.39, 0.29) is 18.3 Å². The summed E-state index contributed by atoms with van der Waals surface area (Å²) in [7, 11) is 0. The summed E-state index contributed by atoms with van der Waals surface area (Å²) in [5.74, 6) is -0.914. The van der Waals surface area contributed by atoms with E-state index in [4.69, 9.17) is 13.9 Å². The van der Waals surface area contributed by atoms with Gasteiger partial charge in [-0.05, 0) is 50.8 Å². The van der Waals surface area contributed by atoms with Crippen molar-refractivity contribution in [3.05, 3.63) is 42.0 Å². The van der Waals surface area contributed by atoms with Gasteiger partial charge >= 0.3 is 5.97 Å². The van der Waals surface area contributed by atoms with E-state index in [2.05, 4.69) is 0 Å². The molecule has 1 aliphatic rings. The summed E-state index contributed by atoms with van der Waals surface area (Å²) < 4.78 is 17.0. The van der Waals surface area contributed by atoms with Crippen LogP contribution in [-0.2, 0) is 9.53 Å². The highest BCUT2D eigenvalue weighted by molar-refractivity contribution is 6.44. The van der Waals surface area contributed by atoms with Crippen molar-refractivity contribution in [2.75, 3.05) is 6.61 Å². The van der Waals surface area contributed by atoms with Gasteiger partial charge < -0.3 is 13.9 Å². The molecule has 2 aromatic carbocycles. The van der Waals surface area contributed by atoms with Crippen LogP contribution in [0.25, 0.3) is 21.9 Å².